The molecule has 0 amide bonds. The third-order valence-electron chi connectivity index (χ3n) is 4.39. The minimum atomic E-state index is -3.42. The summed E-state index contributed by atoms with van der Waals surface area (Å²) in [5.41, 5.74) is 1.15. The predicted octanol–water partition coefficient (Wildman–Crippen LogP) is 2.79. The molecule has 11 heteroatoms. The number of nitrogens with one attached hydrogen (secondary N) is 1. The number of nitrogens with zero attached hydrogens (tertiary/aromatic N) is 1. The highest BCUT2D eigenvalue weighted by Crippen LogP contribution is 2.28. The van der Waals surface area contributed by atoms with Gasteiger partial charge in [0, 0.05) is 23.7 Å². The number of nitrogens with two attached hydrogens (primary N) is 1. The summed E-state index contributed by atoms with van der Waals surface area (Å²) >= 11 is 0.937. The van der Waals surface area contributed by atoms with Crippen molar-refractivity contribution in [2.24, 2.45) is 5.14 Å². The summed E-state index contributed by atoms with van der Waals surface area (Å²) in [7, 11) is -3.42. The second-order valence-electron chi connectivity index (χ2n) is 6.79. The van der Waals surface area contributed by atoms with Crippen LogP contribution in [-0.2, 0) is 10.0 Å². The summed E-state index contributed by atoms with van der Waals surface area (Å²) in [6, 6.07) is 6.98. The molecule has 0 saturated heterocycles. The summed E-state index contributed by atoms with van der Waals surface area (Å²) in [6.45, 7) is 2.22. The molecular formula is C19H21N3O6S2. The summed E-state index contributed by atoms with van der Waals surface area (Å²) < 4.78 is 27.2. The number of rotatable bonds is 9. The number of carboxylic acids is 1. The molecule has 30 heavy (non-hydrogen) atoms. The van der Waals surface area contributed by atoms with Gasteiger partial charge in [-0.1, -0.05) is 6.42 Å². The van der Waals surface area contributed by atoms with Crippen molar-refractivity contribution in [1.82, 2.24) is 4.98 Å². The third-order valence-corrected chi connectivity index (χ3v) is 6.43. The molecular weight excluding hydrogens is 430 g/mol. The molecule has 0 spiro atoms. The first-order chi connectivity index (χ1) is 14.1. The Morgan fingerprint density at radius 3 is 2.70 bits per heavy atom. The Morgan fingerprint density at radius 2 is 2.03 bits per heavy atom. The lowest BCUT2D eigenvalue weighted by molar-refractivity contribution is 0.0701. The van der Waals surface area contributed by atoms with Gasteiger partial charge in [0.2, 0.25) is 10.0 Å². The number of unbranched alkanes of at least 4 members (excludes halogenated alkanes) is 2. The second kappa shape index (κ2) is 8.94. The van der Waals surface area contributed by atoms with E-state index in [4.69, 9.17) is 9.56 Å². The number of carboxylic acid groups (broad SMARTS) is 1. The van der Waals surface area contributed by atoms with Crippen LogP contribution in [0.5, 0.6) is 0 Å². The van der Waals surface area contributed by atoms with E-state index in [1.54, 1.807) is 25.1 Å². The van der Waals surface area contributed by atoms with Gasteiger partial charge >= 0.3 is 11.6 Å². The minimum absolute atomic E-state index is 0.0248. The quantitative estimate of drug-likeness (QED) is 0.332. The molecule has 160 valence electrons. The minimum Gasteiger partial charge on any atom is -0.477 e. The summed E-state index contributed by atoms with van der Waals surface area (Å²) in [4.78, 5) is 27.9. The van der Waals surface area contributed by atoms with E-state index in [1.807, 2.05) is 6.07 Å². The van der Waals surface area contributed by atoms with Crippen LogP contribution in [-0.4, -0.2) is 36.8 Å². The first-order valence-electron chi connectivity index (χ1n) is 9.17. The van der Waals surface area contributed by atoms with Crippen molar-refractivity contribution < 1.29 is 22.7 Å². The van der Waals surface area contributed by atoms with Crippen LogP contribution >= 0.6 is 11.3 Å². The molecule has 2 aromatic heterocycles. The van der Waals surface area contributed by atoms with Gasteiger partial charge in [0.15, 0.2) is 0 Å². The lowest BCUT2D eigenvalue weighted by Gasteiger charge is -2.07. The van der Waals surface area contributed by atoms with Gasteiger partial charge in [-0.25, -0.2) is 28.1 Å². The average molecular weight is 452 g/mol. The van der Waals surface area contributed by atoms with Gasteiger partial charge in [-0.15, -0.1) is 11.3 Å². The number of thiazole rings is 1. The molecule has 3 aromatic rings. The normalized spacial score (nSPS) is 11.7. The Balaban J connectivity index is 1.71. The number of hydrogen-bond acceptors (Lipinski definition) is 8. The average Bonchev–Trinajstić information content (AvgIpc) is 3.04. The number of primary sulfonamides is 1. The highest BCUT2D eigenvalue weighted by atomic mass is 32.2. The van der Waals surface area contributed by atoms with Crippen LogP contribution in [0.1, 0.15) is 34.6 Å². The Bertz CT molecular complexity index is 1250. The Hall–Kier alpha value is -2.76. The van der Waals surface area contributed by atoms with Crippen molar-refractivity contribution in [3.05, 3.63) is 45.3 Å². The van der Waals surface area contributed by atoms with Crippen molar-refractivity contribution >= 4 is 44.0 Å². The van der Waals surface area contributed by atoms with Gasteiger partial charge in [0.1, 0.15) is 15.5 Å². The fourth-order valence-electron chi connectivity index (χ4n) is 2.92. The van der Waals surface area contributed by atoms with Crippen LogP contribution in [0.2, 0.25) is 0 Å². The molecule has 0 saturated carbocycles. The zero-order valence-electron chi connectivity index (χ0n) is 16.2. The first-order valence-corrected chi connectivity index (χ1v) is 11.7. The van der Waals surface area contributed by atoms with E-state index in [0.717, 1.165) is 29.9 Å². The molecule has 0 aliphatic heterocycles. The number of sulfonamides is 1. The van der Waals surface area contributed by atoms with Gasteiger partial charge in [-0.2, -0.15) is 0 Å². The zero-order chi connectivity index (χ0) is 21.9. The van der Waals surface area contributed by atoms with E-state index < -0.39 is 21.6 Å². The lowest BCUT2D eigenvalue weighted by atomic mass is 10.1. The summed E-state index contributed by atoms with van der Waals surface area (Å²) in [6.07, 6.45) is 2.00. The van der Waals surface area contributed by atoms with E-state index in [2.05, 4.69) is 10.3 Å². The smallest absolute Gasteiger partial charge is 0.347 e. The van der Waals surface area contributed by atoms with E-state index in [0.29, 0.717) is 34.6 Å². The van der Waals surface area contributed by atoms with Crippen molar-refractivity contribution in [3.63, 3.8) is 0 Å². The number of aryl methyl sites for hydroxylation is 1. The molecule has 0 aliphatic rings. The lowest BCUT2D eigenvalue weighted by Crippen LogP contribution is -2.16. The number of aromatic carboxylic acids is 1. The van der Waals surface area contributed by atoms with Gasteiger partial charge in [0.05, 0.1) is 17.0 Å². The molecule has 0 unspecified atom stereocenters. The largest absolute Gasteiger partial charge is 0.477 e. The molecule has 3 rings (SSSR count). The van der Waals surface area contributed by atoms with Crippen LogP contribution in [0.4, 0.5) is 5.69 Å². The van der Waals surface area contributed by atoms with E-state index >= 15 is 0 Å². The second-order valence-corrected chi connectivity index (χ2v) is 9.53. The monoisotopic (exact) mass is 451 g/mol. The maximum absolute atomic E-state index is 12.4. The van der Waals surface area contributed by atoms with Crippen molar-refractivity contribution in [3.8, 4) is 10.6 Å². The SMILES string of the molecule is Cc1nc(-c2cc3ccc(NCCCCCS(N)(=O)=O)cc3oc2=O)sc1C(=O)O. The van der Waals surface area contributed by atoms with Gasteiger partial charge in [-0.05, 0) is 38.0 Å². The van der Waals surface area contributed by atoms with Gasteiger partial charge in [0.25, 0.3) is 0 Å². The number of anilines is 1. The molecule has 0 bridgehead atoms. The number of aromatic nitrogens is 1. The van der Waals surface area contributed by atoms with Gasteiger partial charge < -0.3 is 14.8 Å². The Labute approximate surface area is 176 Å². The van der Waals surface area contributed by atoms with E-state index in [-0.39, 0.29) is 16.2 Å². The maximum atomic E-state index is 12.4. The highest BCUT2D eigenvalue weighted by Gasteiger charge is 2.18. The zero-order valence-corrected chi connectivity index (χ0v) is 17.8. The van der Waals surface area contributed by atoms with Crippen LogP contribution in [0.3, 0.4) is 0 Å². The Morgan fingerprint density at radius 1 is 1.27 bits per heavy atom. The predicted molar refractivity (Wildman–Crippen MR) is 116 cm³/mol. The molecule has 2 heterocycles. The number of carbonyl (C=O) groups is 1. The standard InChI is InChI=1S/C19H21N3O6S2/c1-11-16(18(23)24)29-17(22-11)14-9-12-5-6-13(10-15(12)28-19(14)25)21-7-3-2-4-8-30(20,26)27/h5-6,9-10,21H,2-4,7-8H2,1H3,(H,23,24)(H2,20,26,27). The topological polar surface area (TPSA) is 153 Å². The van der Waals surface area contributed by atoms with Crippen LogP contribution in [0.25, 0.3) is 21.5 Å². The molecule has 1 aromatic carbocycles. The fraction of sp³-hybridized carbons (Fsp3) is 0.316. The Kier molecular flexibility index (Phi) is 6.54. The number of fused-ring (bicyclic) bond motifs is 1. The highest BCUT2D eigenvalue weighted by molar-refractivity contribution is 7.89. The molecule has 0 fully saturated rings. The molecule has 0 aliphatic carbocycles. The fourth-order valence-corrected chi connectivity index (χ4v) is 4.43. The van der Waals surface area contributed by atoms with Crippen molar-refractivity contribution in [1.29, 1.82) is 0 Å². The van der Waals surface area contributed by atoms with Gasteiger partial charge in [-0.3, -0.25) is 0 Å². The van der Waals surface area contributed by atoms with Crippen molar-refractivity contribution in [2.45, 2.75) is 26.2 Å². The number of hydrogen-bond donors (Lipinski definition) is 3. The first kappa shape index (κ1) is 21.9. The molecule has 4 N–H and O–H groups in total. The maximum Gasteiger partial charge on any atom is 0.347 e. The summed E-state index contributed by atoms with van der Waals surface area (Å²) in [5, 5.41) is 18.3. The van der Waals surface area contributed by atoms with Crippen LogP contribution in [0.15, 0.2) is 33.5 Å². The van der Waals surface area contributed by atoms with E-state index in [9.17, 15) is 23.1 Å². The number of benzene rings is 1. The third kappa shape index (κ3) is 5.43. The molecule has 9 nitrogen and oxygen atoms in total. The van der Waals surface area contributed by atoms with E-state index in [1.165, 1.54) is 0 Å². The molecule has 0 radical (unpaired) electrons. The summed E-state index contributed by atoms with van der Waals surface area (Å²) in [5.74, 6) is -1.11. The van der Waals surface area contributed by atoms with Crippen molar-refractivity contribution in [2.75, 3.05) is 17.6 Å². The van der Waals surface area contributed by atoms with Crippen LogP contribution < -0.4 is 16.1 Å². The van der Waals surface area contributed by atoms with Crippen LogP contribution in [0, 0.1) is 6.92 Å². The molecule has 0 atom stereocenters.